The van der Waals surface area contributed by atoms with E-state index in [9.17, 15) is 14.4 Å². The number of aromatic nitrogens is 1. The first kappa shape index (κ1) is 17.5. The molecule has 0 aliphatic carbocycles. The van der Waals surface area contributed by atoms with Crippen molar-refractivity contribution >= 4 is 17.7 Å². The van der Waals surface area contributed by atoms with E-state index < -0.39 is 18.0 Å². The minimum absolute atomic E-state index is 0.116. The Morgan fingerprint density at radius 2 is 2.00 bits per heavy atom. The standard InChI is InChI=1S/C18H18N2O6/c1-10(21)13-6-14(19-8-13)18(23)26-11(2)17(22)20-7-12-3-4-15-16(5-12)25-9-24-15/h3-6,8,11,19H,7,9H2,1-2H3,(H,20,22)/t11-/m0/s1. The highest BCUT2D eigenvalue weighted by atomic mass is 16.7. The Bertz CT molecular complexity index is 857. The molecule has 2 heterocycles. The number of hydrogen-bond donors (Lipinski definition) is 2. The Morgan fingerprint density at radius 1 is 1.23 bits per heavy atom. The van der Waals surface area contributed by atoms with Gasteiger partial charge < -0.3 is 24.5 Å². The summed E-state index contributed by atoms with van der Waals surface area (Å²) in [4.78, 5) is 38.1. The summed E-state index contributed by atoms with van der Waals surface area (Å²) in [5.41, 5.74) is 1.32. The summed E-state index contributed by atoms with van der Waals surface area (Å²) in [6.07, 6.45) is 0.434. The van der Waals surface area contributed by atoms with Crippen LogP contribution in [0.4, 0.5) is 0 Å². The van der Waals surface area contributed by atoms with Crippen molar-refractivity contribution < 1.29 is 28.6 Å². The molecule has 8 heteroatoms. The van der Waals surface area contributed by atoms with Crippen LogP contribution in [0.5, 0.6) is 11.5 Å². The Balaban J connectivity index is 1.52. The molecule has 1 atom stereocenters. The molecule has 136 valence electrons. The molecule has 1 aliphatic heterocycles. The number of carbonyl (C=O) groups excluding carboxylic acids is 3. The summed E-state index contributed by atoms with van der Waals surface area (Å²) in [5, 5.41) is 2.69. The molecule has 26 heavy (non-hydrogen) atoms. The number of Topliss-reactive ketones (excluding diaryl/α,β-unsaturated/α-hetero) is 1. The van der Waals surface area contributed by atoms with Crippen LogP contribution in [0.25, 0.3) is 0 Å². The molecule has 1 amide bonds. The number of ketones is 1. The summed E-state index contributed by atoms with van der Waals surface area (Å²) in [7, 11) is 0. The molecule has 0 unspecified atom stereocenters. The maximum atomic E-state index is 12.1. The van der Waals surface area contributed by atoms with E-state index in [1.54, 1.807) is 12.1 Å². The van der Waals surface area contributed by atoms with Crippen LogP contribution < -0.4 is 14.8 Å². The Labute approximate surface area is 149 Å². The van der Waals surface area contributed by atoms with Crippen LogP contribution >= 0.6 is 0 Å². The second-order valence-electron chi connectivity index (χ2n) is 5.81. The van der Waals surface area contributed by atoms with Gasteiger partial charge in [-0.2, -0.15) is 0 Å². The van der Waals surface area contributed by atoms with Crippen molar-refractivity contribution in [3.05, 3.63) is 47.3 Å². The van der Waals surface area contributed by atoms with Gasteiger partial charge in [0, 0.05) is 18.3 Å². The third-order valence-corrected chi connectivity index (χ3v) is 3.87. The molecule has 8 nitrogen and oxygen atoms in total. The number of ether oxygens (including phenoxy) is 3. The molecular weight excluding hydrogens is 340 g/mol. The van der Waals surface area contributed by atoms with Crippen molar-refractivity contribution in [3.63, 3.8) is 0 Å². The van der Waals surface area contributed by atoms with Crippen molar-refractivity contribution in [2.45, 2.75) is 26.5 Å². The van der Waals surface area contributed by atoms with Crippen LogP contribution in [0.2, 0.25) is 0 Å². The molecule has 0 spiro atoms. The Kier molecular flexibility index (Phi) is 4.92. The minimum atomic E-state index is -0.986. The van der Waals surface area contributed by atoms with Crippen LogP contribution in [-0.2, 0) is 16.1 Å². The molecule has 0 radical (unpaired) electrons. The molecule has 2 N–H and O–H groups in total. The van der Waals surface area contributed by atoms with Gasteiger partial charge in [0.1, 0.15) is 5.69 Å². The van der Waals surface area contributed by atoms with Crippen LogP contribution in [0.3, 0.4) is 0 Å². The van der Waals surface area contributed by atoms with Gasteiger partial charge in [-0.15, -0.1) is 0 Å². The molecule has 0 saturated heterocycles. The lowest BCUT2D eigenvalue weighted by Crippen LogP contribution is -2.35. The first-order valence-electron chi connectivity index (χ1n) is 8.00. The molecular formula is C18H18N2O6. The summed E-state index contributed by atoms with van der Waals surface area (Å²) in [5.74, 6) is -0.0186. The van der Waals surface area contributed by atoms with Gasteiger partial charge in [0.2, 0.25) is 6.79 Å². The predicted octanol–water partition coefficient (Wildman–Crippen LogP) is 1.81. The molecule has 2 aromatic rings. The van der Waals surface area contributed by atoms with Gasteiger partial charge in [0.15, 0.2) is 23.4 Å². The number of nitrogens with one attached hydrogen (secondary N) is 2. The van der Waals surface area contributed by atoms with Gasteiger partial charge in [-0.1, -0.05) is 6.07 Å². The average Bonchev–Trinajstić information content (AvgIpc) is 3.28. The highest BCUT2D eigenvalue weighted by molar-refractivity contribution is 5.98. The number of aromatic amines is 1. The molecule has 0 saturated carbocycles. The number of rotatable bonds is 6. The van der Waals surface area contributed by atoms with Crippen molar-refractivity contribution in [3.8, 4) is 11.5 Å². The number of esters is 1. The Morgan fingerprint density at radius 3 is 2.73 bits per heavy atom. The summed E-state index contributed by atoms with van der Waals surface area (Å²) in [6, 6.07) is 6.75. The maximum Gasteiger partial charge on any atom is 0.355 e. The average molecular weight is 358 g/mol. The number of H-pyrrole nitrogens is 1. The highest BCUT2D eigenvalue weighted by Gasteiger charge is 2.20. The van der Waals surface area contributed by atoms with Crippen molar-refractivity contribution in [1.29, 1.82) is 0 Å². The van der Waals surface area contributed by atoms with Gasteiger partial charge in [0.25, 0.3) is 5.91 Å². The van der Waals surface area contributed by atoms with E-state index in [2.05, 4.69) is 10.3 Å². The number of hydrogen-bond acceptors (Lipinski definition) is 6. The number of fused-ring (bicyclic) bond motifs is 1. The molecule has 1 aromatic heterocycles. The van der Waals surface area contributed by atoms with E-state index in [0.717, 1.165) is 5.56 Å². The zero-order valence-corrected chi connectivity index (χ0v) is 14.3. The van der Waals surface area contributed by atoms with Crippen molar-refractivity contribution in [2.75, 3.05) is 6.79 Å². The van der Waals surface area contributed by atoms with E-state index in [1.165, 1.54) is 26.1 Å². The third kappa shape index (κ3) is 3.85. The lowest BCUT2D eigenvalue weighted by Gasteiger charge is -2.13. The predicted molar refractivity (Wildman–Crippen MR) is 90.1 cm³/mol. The first-order valence-corrected chi connectivity index (χ1v) is 8.00. The summed E-state index contributed by atoms with van der Waals surface area (Å²) >= 11 is 0. The number of benzene rings is 1. The van der Waals surface area contributed by atoms with Gasteiger partial charge in [-0.25, -0.2) is 4.79 Å². The van der Waals surface area contributed by atoms with Crippen LogP contribution in [0, 0.1) is 0 Å². The second kappa shape index (κ2) is 7.30. The zero-order chi connectivity index (χ0) is 18.7. The third-order valence-electron chi connectivity index (χ3n) is 3.87. The lowest BCUT2D eigenvalue weighted by molar-refractivity contribution is -0.129. The van der Waals surface area contributed by atoms with E-state index in [1.807, 2.05) is 6.07 Å². The smallest absolute Gasteiger partial charge is 0.355 e. The minimum Gasteiger partial charge on any atom is -0.454 e. The van der Waals surface area contributed by atoms with Crippen molar-refractivity contribution in [2.24, 2.45) is 0 Å². The highest BCUT2D eigenvalue weighted by Crippen LogP contribution is 2.32. The molecule has 0 bridgehead atoms. The topological polar surface area (TPSA) is 107 Å². The van der Waals surface area contributed by atoms with Gasteiger partial charge >= 0.3 is 5.97 Å². The maximum absolute atomic E-state index is 12.1. The van der Waals surface area contributed by atoms with Gasteiger partial charge in [0.05, 0.1) is 0 Å². The number of carbonyl (C=O) groups is 3. The summed E-state index contributed by atoms with van der Waals surface area (Å²) in [6.45, 7) is 3.31. The Hall–Kier alpha value is -3.29. The van der Waals surface area contributed by atoms with E-state index in [4.69, 9.17) is 14.2 Å². The molecule has 3 rings (SSSR count). The lowest BCUT2D eigenvalue weighted by atomic mass is 10.2. The second-order valence-corrected chi connectivity index (χ2v) is 5.81. The molecule has 1 aromatic carbocycles. The van der Waals surface area contributed by atoms with E-state index >= 15 is 0 Å². The van der Waals surface area contributed by atoms with Crippen molar-refractivity contribution in [1.82, 2.24) is 10.3 Å². The van der Waals surface area contributed by atoms with E-state index in [-0.39, 0.29) is 24.8 Å². The van der Waals surface area contributed by atoms with Crippen LogP contribution in [-0.4, -0.2) is 35.5 Å². The normalized spacial score (nSPS) is 13.2. The van der Waals surface area contributed by atoms with Crippen LogP contribution in [0.15, 0.2) is 30.5 Å². The molecule has 0 fully saturated rings. The SMILES string of the molecule is CC(=O)c1c[nH]c(C(=O)O[C@@H](C)C(=O)NCc2ccc3c(c2)OCO3)c1. The fraction of sp³-hybridized carbons (Fsp3) is 0.278. The largest absolute Gasteiger partial charge is 0.454 e. The monoisotopic (exact) mass is 358 g/mol. The van der Waals surface area contributed by atoms with Gasteiger partial charge in [-0.3, -0.25) is 9.59 Å². The number of amides is 1. The molecule has 1 aliphatic rings. The zero-order valence-electron chi connectivity index (χ0n) is 14.3. The van der Waals surface area contributed by atoms with Gasteiger partial charge in [-0.05, 0) is 37.6 Å². The fourth-order valence-corrected chi connectivity index (χ4v) is 2.38. The summed E-state index contributed by atoms with van der Waals surface area (Å²) < 4.78 is 15.6. The first-order chi connectivity index (χ1) is 12.4. The fourth-order valence-electron chi connectivity index (χ4n) is 2.38. The van der Waals surface area contributed by atoms with E-state index in [0.29, 0.717) is 17.1 Å². The quantitative estimate of drug-likeness (QED) is 0.602. The van der Waals surface area contributed by atoms with Crippen LogP contribution in [0.1, 0.15) is 40.3 Å².